The van der Waals surface area contributed by atoms with E-state index in [2.05, 4.69) is 0 Å². The molecule has 0 aliphatic rings. The SMILES string of the molecule is CC(Cl)(Cl)[PH](=O)O. The summed E-state index contributed by atoms with van der Waals surface area (Å²) in [5, 5.41) is 0. The first-order valence-electron chi connectivity index (χ1n) is 1.56. The summed E-state index contributed by atoms with van der Waals surface area (Å²) in [7, 11) is -2.77. The molecular weight excluding hydrogens is 158 g/mol. The third-order valence-corrected chi connectivity index (χ3v) is 2.10. The average molecular weight is 163 g/mol. The molecule has 1 atom stereocenters. The van der Waals surface area contributed by atoms with Gasteiger partial charge in [-0.05, 0) is 6.92 Å². The van der Waals surface area contributed by atoms with E-state index in [1.54, 1.807) is 0 Å². The van der Waals surface area contributed by atoms with E-state index in [0.717, 1.165) is 0 Å². The van der Waals surface area contributed by atoms with Gasteiger partial charge in [-0.2, -0.15) is 0 Å². The minimum atomic E-state index is -2.77. The Hall–Kier alpha value is 0.770. The van der Waals surface area contributed by atoms with E-state index < -0.39 is 12.1 Å². The van der Waals surface area contributed by atoms with Gasteiger partial charge < -0.3 is 4.89 Å². The van der Waals surface area contributed by atoms with Crippen molar-refractivity contribution >= 4 is 31.2 Å². The van der Waals surface area contributed by atoms with E-state index in [4.69, 9.17) is 28.1 Å². The Balaban J connectivity index is 3.79. The summed E-state index contributed by atoms with van der Waals surface area (Å²) in [6.07, 6.45) is 0. The van der Waals surface area contributed by atoms with Gasteiger partial charge in [-0.1, -0.05) is 23.2 Å². The lowest BCUT2D eigenvalue weighted by Crippen LogP contribution is -1.95. The first kappa shape index (κ1) is 7.77. The topological polar surface area (TPSA) is 37.3 Å². The molecule has 2 nitrogen and oxygen atoms in total. The molecule has 0 rings (SSSR count). The van der Waals surface area contributed by atoms with Gasteiger partial charge in [-0.3, -0.25) is 4.57 Å². The fourth-order valence-electron chi connectivity index (χ4n) is 0. The van der Waals surface area contributed by atoms with Gasteiger partial charge >= 0.3 is 0 Å². The Labute approximate surface area is 52.3 Å². The molecule has 1 unspecified atom stereocenters. The molecule has 0 heterocycles. The molecule has 0 spiro atoms. The van der Waals surface area contributed by atoms with Gasteiger partial charge in [0.15, 0.2) is 4.07 Å². The summed E-state index contributed by atoms with van der Waals surface area (Å²) in [5.41, 5.74) is 0. The van der Waals surface area contributed by atoms with Gasteiger partial charge in [-0.25, -0.2) is 0 Å². The zero-order valence-electron chi connectivity index (χ0n) is 3.61. The lowest BCUT2D eigenvalue weighted by Gasteiger charge is -2.04. The molecule has 1 N–H and O–H groups in total. The second kappa shape index (κ2) is 2.36. The zero-order valence-corrected chi connectivity index (χ0v) is 6.12. The predicted molar refractivity (Wildman–Crippen MR) is 31.3 cm³/mol. The van der Waals surface area contributed by atoms with Crippen LogP contribution in [-0.4, -0.2) is 8.97 Å². The average Bonchev–Trinajstić information content (AvgIpc) is 1.31. The van der Waals surface area contributed by atoms with Crippen LogP contribution in [0, 0.1) is 0 Å². The lowest BCUT2D eigenvalue weighted by atomic mass is 10.9. The van der Waals surface area contributed by atoms with Crippen molar-refractivity contribution in [2.24, 2.45) is 0 Å². The van der Waals surface area contributed by atoms with Crippen molar-refractivity contribution in [3.63, 3.8) is 0 Å². The highest BCUT2D eigenvalue weighted by atomic mass is 35.5. The van der Waals surface area contributed by atoms with Gasteiger partial charge in [0.05, 0.1) is 0 Å². The van der Waals surface area contributed by atoms with Gasteiger partial charge in [0.2, 0.25) is 8.03 Å². The maximum Gasteiger partial charge on any atom is 0.223 e. The maximum atomic E-state index is 9.94. The third-order valence-electron chi connectivity index (χ3n) is 0.376. The molecular formula is C2H5Cl2O2P. The summed E-state index contributed by atoms with van der Waals surface area (Å²) >= 11 is 10.2. The van der Waals surface area contributed by atoms with Crippen molar-refractivity contribution in [2.75, 3.05) is 0 Å². The Kier molecular flexibility index (Phi) is 2.62. The van der Waals surface area contributed by atoms with E-state index in [9.17, 15) is 4.57 Å². The number of alkyl halides is 2. The van der Waals surface area contributed by atoms with Crippen LogP contribution in [0.5, 0.6) is 0 Å². The smallest absolute Gasteiger partial charge is 0.223 e. The van der Waals surface area contributed by atoms with E-state index >= 15 is 0 Å². The van der Waals surface area contributed by atoms with E-state index in [-0.39, 0.29) is 0 Å². The van der Waals surface area contributed by atoms with Crippen molar-refractivity contribution < 1.29 is 9.46 Å². The minimum absolute atomic E-state index is 1.28. The molecule has 0 radical (unpaired) electrons. The Bertz CT molecular complexity index is 86.2. The van der Waals surface area contributed by atoms with Crippen LogP contribution in [-0.2, 0) is 4.57 Å². The molecule has 0 saturated carbocycles. The van der Waals surface area contributed by atoms with Crippen molar-refractivity contribution in [1.82, 2.24) is 0 Å². The highest BCUT2D eigenvalue weighted by Gasteiger charge is 2.22. The second-order valence-corrected chi connectivity index (χ2v) is 5.14. The molecule has 5 heteroatoms. The van der Waals surface area contributed by atoms with Crippen LogP contribution in [0.4, 0.5) is 0 Å². The van der Waals surface area contributed by atoms with Crippen LogP contribution in [0.3, 0.4) is 0 Å². The Morgan fingerprint density at radius 1 is 1.71 bits per heavy atom. The van der Waals surface area contributed by atoms with Crippen molar-refractivity contribution in [3.8, 4) is 0 Å². The zero-order chi connectivity index (χ0) is 6.08. The molecule has 44 valence electrons. The lowest BCUT2D eigenvalue weighted by molar-refractivity contribution is 0.498. The van der Waals surface area contributed by atoms with E-state index in [1.165, 1.54) is 6.92 Å². The summed E-state index contributed by atoms with van der Waals surface area (Å²) < 4.78 is 8.49. The highest BCUT2D eigenvalue weighted by Crippen LogP contribution is 2.42. The third kappa shape index (κ3) is 3.36. The molecule has 0 saturated heterocycles. The quantitative estimate of drug-likeness (QED) is 0.470. The van der Waals surface area contributed by atoms with Crippen LogP contribution in [0.25, 0.3) is 0 Å². The molecule has 7 heavy (non-hydrogen) atoms. The van der Waals surface area contributed by atoms with Crippen molar-refractivity contribution in [2.45, 2.75) is 11.0 Å². The molecule has 0 bridgehead atoms. The Morgan fingerprint density at radius 2 is 1.86 bits per heavy atom. The predicted octanol–water partition coefficient (Wildman–Crippen LogP) is 1.60. The van der Waals surface area contributed by atoms with Crippen LogP contribution in [0.1, 0.15) is 6.92 Å². The van der Waals surface area contributed by atoms with Gasteiger partial charge in [-0.15, -0.1) is 0 Å². The first-order valence-corrected chi connectivity index (χ1v) is 3.67. The summed E-state index contributed by atoms with van der Waals surface area (Å²) in [6, 6.07) is 0. The molecule has 0 aliphatic heterocycles. The summed E-state index contributed by atoms with van der Waals surface area (Å²) in [4.78, 5) is 8.17. The van der Waals surface area contributed by atoms with Crippen molar-refractivity contribution in [1.29, 1.82) is 0 Å². The number of rotatable bonds is 1. The normalized spacial score (nSPS) is 16.6. The van der Waals surface area contributed by atoms with Crippen LogP contribution >= 0.6 is 31.2 Å². The molecule has 0 aromatic carbocycles. The largest absolute Gasteiger partial charge is 0.344 e. The van der Waals surface area contributed by atoms with Gasteiger partial charge in [0.1, 0.15) is 0 Å². The monoisotopic (exact) mass is 162 g/mol. The molecule has 0 aromatic rings. The molecule has 0 aromatic heterocycles. The van der Waals surface area contributed by atoms with Crippen molar-refractivity contribution in [3.05, 3.63) is 0 Å². The summed E-state index contributed by atoms with van der Waals surface area (Å²) in [6.45, 7) is 1.28. The minimum Gasteiger partial charge on any atom is -0.344 e. The molecule has 0 amide bonds. The van der Waals surface area contributed by atoms with Crippen LogP contribution in [0.2, 0.25) is 0 Å². The van der Waals surface area contributed by atoms with Crippen LogP contribution < -0.4 is 0 Å². The maximum absolute atomic E-state index is 9.94. The fraction of sp³-hybridized carbons (Fsp3) is 1.00. The number of hydrogen-bond donors (Lipinski definition) is 1. The first-order chi connectivity index (χ1) is 2.94. The number of halogens is 2. The second-order valence-electron chi connectivity index (χ2n) is 1.19. The van der Waals surface area contributed by atoms with E-state index in [0.29, 0.717) is 0 Å². The Morgan fingerprint density at radius 3 is 1.86 bits per heavy atom. The molecule has 0 aliphatic carbocycles. The number of hydrogen-bond acceptors (Lipinski definition) is 1. The van der Waals surface area contributed by atoms with Gasteiger partial charge in [0.25, 0.3) is 0 Å². The summed E-state index contributed by atoms with van der Waals surface area (Å²) in [5.74, 6) is 0. The van der Waals surface area contributed by atoms with Gasteiger partial charge in [0, 0.05) is 0 Å². The standard InChI is InChI=1S/C2H5Cl2O2P/c1-2(3,4)7(5)6/h7H,1H3,(H,5,6). The fourth-order valence-corrected chi connectivity index (χ4v) is 0. The highest BCUT2D eigenvalue weighted by molar-refractivity contribution is 7.45. The van der Waals surface area contributed by atoms with Crippen LogP contribution in [0.15, 0.2) is 0 Å². The van der Waals surface area contributed by atoms with E-state index in [1.807, 2.05) is 0 Å². The molecule has 0 fully saturated rings.